The molecule has 0 aliphatic carbocycles. The van der Waals surface area contributed by atoms with Crippen LogP contribution >= 0.6 is 0 Å². The SMILES string of the molecule is COCC(C)NS(=O)(=O)c1ccc(NC(=O)c2ccccc2OCCOc2ccccc2)cc1. The number of rotatable bonds is 12. The van der Waals surface area contributed by atoms with Gasteiger partial charge in [0.25, 0.3) is 5.91 Å². The number of ether oxygens (including phenoxy) is 3. The highest BCUT2D eigenvalue weighted by Crippen LogP contribution is 2.21. The predicted octanol–water partition coefficient (Wildman–Crippen LogP) is 3.71. The van der Waals surface area contributed by atoms with Gasteiger partial charge in [0, 0.05) is 18.8 Å². The molecule has 34 heavy (non-hydrogen) atoms. The molecule has 3 aromatic rings. The Bertz CT molecular complexity index is 1170. The van der Waals surface area contributed by atoms with E-state index in [-0.39, 0.29) is 30.1 Å². The van der Waals surface area contributed by atoms with Crippen molar-refractivity contribution in [1.82, 2.24) is 4.72 Å². The highest BCUT2D eigenvalue weighted by Gasteiger charge is 2.18. The minimum absolute atomic E-state index is 0.0931. The van der Waals surface area contributed by atoms with Gasteiger partial charge in [0.2, 0.25) is 10.0 Å². The van der Waals surface area contributed by atoms with Crippen molar-refractivity contribution in [2.75, 3.05) is 32.2 Å². The molecule has 1 atom stereocenters. The molecule has 1 unspecified atom stereocenters. The molecule has 0 bridgehead atoms. The fourth-order valence-electron chi connectivity index (χ4n) is 3.14. The molecule has 0 spiro atoms. The first-order chi connectivity index (χ1) is 16.4. The normalized spacial score (nSPS) is 12.1. The van der Waals surface area contributed by atoms with Gasteiger partial charge in [-0.2, -0.15) is 0 Å². The molecule has 0 heterocycles. The molecular weight excluding hydrogens is 456 g/mol. The lowest BCUT2D eigenvalue weighted by molar-refractivity contribution is 0.102. The van der Waals surface area contributed by atoms with Crippen molar-refractivity contribution < 1.29 is 27.4 Å². The van der Waals surface area contributed by atoms with Gasteiger partial charge in [0.1, 0.15) is 24.7 Å². The fraction of sp³-hybridized carbons (Fsp3) is 0.240. The largest absolute Gasteiger partial charge is 0.490 e. The van der Waals surface area contributed by atoms with Crippen molar-refractivity contribution in [3.63, 3.8) is 0 Å². The Kier molecular flexibility index (Phi) is 9.03. The zero-order chi connectivity index (χ0) is 24.4. The van der Waals surface area contributed by atoms with Crippen LogP contribution in [-0.4, -0.2) is 47.3 Å². The molecule has 3 aromatic carbocycles. The van der Waals surface area contributed by atoms with E-state index in [0.29, 0.717) is 23.6 Å². The van der Waals surface area contributed by atoms with E-state index in [4.69, 9.17) is 14.2 Å². The van der Waals surface area contributed by atoms with Gasteiger partial charge in [-0.15, -0.1) is 0 Å². The van der Waals surface area contributed by atoms with E-state index in [2.05, 4.69) is 10.0 Å². The van der Waals surface area contributed by atoms with Crippen LogP contribution in [0.1, 0.15) is 17.3 Å². The highest BCUT2D eigenvalue weighted by atomic mass is 32.2. The van der Waals surface area contributed by atoms with Gasteiger partial charge in [0.05, 0.1) is 17.1 Å². The van der Waals surface area contributed by atoms with E-state index in [9.17, 15) is 13.2 Å². The van der Waals surface area contributed by atoms with Gasteiger partial charge in [-0.3, -0.25) is 4.79 Å². The number of para-hydroxylation sites is 2. The zero-order valence-corrected chi connectivity index (χ0v) is 19.9. The number of hydrogen-bond donors (Lipinski definition) is 2. The van der Waals surface area contributed by atoms with E-state index in [0.717, 1.165) is 5.75 Å². The molecule has 0 aliphatic heterocycles. The van der Waals surface area contributed by atoms with Crippen LogP contribution in [0.25, 0.3) is 0 Å². The van der Waals surface area contributed by atoms with Crippen LogP contribution in [0.4, 0.5) is 5.69 Å². The van der Waals surface area contributed by atoms with Gasteiger partial charge in [-0.05, 0) is 55.5 Å². The number of nitrogens with one attached hydrogen (secondary N) is 2. The maximum Gasteiger partial charge on any atom is 0.259 e. The molecule has 3 rings (SSSR count). The summed E-state index contributed by atoms with van der Waals surface area (Å²) in [7, 11) is -2.19. The Morgan fingerprint density at radius 2 is 1.53 bits per heavy atom. The molecule has 0 fully saturated rings. The van der Waals surface area contributed by atoms with Crippen molar-refractivity contribution in [1.29, 1.82) is 0 Å². The Morgan fingerprint density at radius 1 is 0.882 bits per heavy atom. The summed E-state index contributed by atoms with van der Waals surface area (Å²) in [6.45, 7) is 2.56. The summed E-state index contributed by atoms with van der Waals surface area (Å²) >= 11 is 0. The summed E-state index contributed by atoms with van der Waals surface area (Å²) in [5.74, 6) is 0.792. The average Bonchev–Trinajstić information content (AvgIpc) is 2.83. The molecule has 0 radical (unpaired) electrons. The van der Waals surface area contributed by atoms with Crippen LogP contribution < -0.4 is 19.5 Å². The number of anilines is 1. The summed E-state index contributed by atoms with van der Waals surface area (Å²) in [6.07, 6.45) is 0. The van der Waals surface area contributed by atoms with E-state index in [1.54, 1.807) is 31.2 Å². The minimum Gasteiger partial charge on any atom is -0.490 e. The molecular formula is C25H28N2O6S. The minimum atomic E-state index is -3.69. The van der Waals surface area contributed by atoms with Gasteiger partial charge in [-0.25, -0.2) is 13.1 Å². The second kappa shape index (κ2) is 12.2. The lowest BCUT2D eigenvalue weighted by Gasteiger charge is -2.14. The van der Waals surface area contributed by atoms with E-state index in [1.165, 1.54) is 31.4 Å². The van der Waals surface area contributed by atoms with Crippen molar-refractivity contribution in [2.45, 2.75) is 17.9 Å². The van der Waals surface area contributed by atoms with E-state index >= 15 is 0 Å². The second-order valence-corrected chi connectivity index (χ2v) is 9.18. The van der Waals surface area contributed by atoms with Crippen LogP contribution in [0, 0.1) is 0 Å². The third-order valence-corrected chi connectivity index (χ3v) is 6.29. The first-order valence-corrected chi connectivity index (χ1v) is 12.2. The standard InChI is InChI=1S/C25H28N2O6S/c1-19(18-31-2)27-34(29,30)22-14-12-20(13-15-22)26-25(28)23-10-6-7-11-24(23)33-17-16-32-21-8-4-3-5-9-21/h3-15,19,27H,16-18H2,1-2H3,(H,26,28). The van der Waals surface area contributed by atoms with Gasteiger partial charge >= 0.3 is 0 Å². The Labute approximate surface area is 199 Å². The smallest absolute Gasteiger partial charge is 0.259 e. The molecule has 1 amide bonds. The van der Waals surface area contributed by atoms with Crippen LogP contribution in [0.5, 0.6) is 11.5 Å². The second-order valence-electron chi connectivity index (χ2n) is 7.46. The summed E-state index contributed by atoms with van der Waals surface area (Å²) in [5, 5.41) is 2.77. The number of sulfonamides is 1. The van der Waals surface area contributed by atoms with Gasteiger partial charge in [0.15, 0.2) is 0 Å². The lowest BCUT2D eigenvalue weighted by atomic mass is 10.2. The number of carbonyl (C=O) groups excluding carboxylic acids is 1. The fourth-order valence-corrected chi connectivity index (χ4v) is 4.37. The zero-order valence-electron chi connectivity index (χ0n) is 19.1. The third-order valence-electron chi connectivity index (χ3n) is 4.68. The van der Waals surface area contributed by atoms with Crippen LogP contribution in [0.2, 0.25) is 0 Å². The highest BCUT2D eigenvalue weighted by molar-refractivity contribution is 7.89. The van der Waals surface area contributed by atoms with Crippen molar-refractivity contribution >= 4 is 21.6 Å². The number of carbonyl (C=O) groups is 1. The third kappa shape index (κ3) is 7.31. The topological polar surface area (TPSA) is 103 Å². The van der Waals surface area contributed by atoms with E-state index in [1.807, 2.05) is 30.3 Å². The molecule has 0 aromatic heterocycles. The Hall–Kier alpha value is -3.40. The quantitative estimate of drug-likeness (QED) is 0.380. The van der Waals surface area contributed by atoms with Crippen molar-refractivity contribution in [3.8, 4) is 11.5 Å². The Morgan fingerprint density at radius 3 is 2.24 bits per heavy atom. The first-order valence-electron chi connectivity index (χ1n) is 10.7. The first kappa shape index (κ1) is 25.2. The average molecular weight is 485 g/mol. The molecule has 180 valence electrons. The predicted molar refractivity (Wildman–Crippen MR) is 130 cm³/mol. The molecule has 2 N–H and O–H groups in total. The van der Waals surface area contributed by atoms with Crippen molar-refractivity contribution in [3.05, 3.63) is 84.4 Å². The van der Waals surface area contributed by atoms with Crippen molar-refractivity contribution in [2.24, 2.45) is 0 Å². The molecule has 0 aliphatic rings. The lowest BCUT2D eigenvalue weighted by Crippen LogP contribution is -2.35. The van der Waals surface area contributed by atoms with Crippen LogP contribution in [0.15, 0.2) is 83.8 Å². The van der Waals surface area contributed by atoms with Gasteiger partial charge < -0.3 is 19.5 Å². The summed E-state index contributed by atoms with van der Waals surface area (Å²) in [6, 6.07) is 21.8. The van der Waals surface area contributed by atoms with Crippen LogP contribution in [0.3, 0.4) is 0 Å². The molecule has 8 nitrogen and oxygen atoms in total. The van der Waals surface area contributed by atoms with E-state index < -0.39 is 10.0 Å². The Balaban J connectivity index is 1.59. The maximum absolute atomic E-state index is 12.8. The molecule has 0 saturated carbocycles. The maximum atomic E-state index is 12.8. The summed E-state index contributed by atoms with van der Waals surface area (Å²) in [5.41, 5.74) is 0.810. The number of benzene rings is 3. The van der Waals surface area contributed by atoms with Gasteiger partial charge in [-0.1, -0.05) is 30.3 Å². The molecule has 0 saturated heterocycles. The summed E-state index contributed by atoms with van der Waals surface area (Å²) in [4.78, 5) is 12.9. The number of hydrogen-bond acceptors (Lipinski definition) is 6. The molecule has 9 heteroatoms. The number of methoxy groups -OCH3 is 1. The monoisotopic (exact) mass is 484 g/mol. The summed E-state index contributed by atoms with van der Waals surface area (Å²) < 4.78 is 43.8. The van der Waals surface area contributed by atoms with Crippen LogP contribution in [-0.2, 0) is 14.8 Å². The number of amides is 1.